The van der Waals surface area contributed by atoms with Crippen LogP contribution in [0.5, 0.6) is 5.88 Å². The third kappa shape index (κ3) is 2.18. The number of aromatic nitrogens is 1. The first kappa shape index (κ1) is 7.97. The van der Waals surface area contributed by atoms with E-state index in [0.29, 0.717) is 12.4 Å². The van der Waals surface area contributed by atoms with E-state index >= 15 is 0 Å². The third-order valence-corrected chi connectivity index (χ3v) is 1.29. The van der Waals surface area contributed by atoms with Gasteiger partial charge in [-0.05, 0) is 11.6 Å². The third-order valence-electron chi connectivity index (χ3n) is 1.29. The highest BCUT2D eigenvalue weighted by atomic mass is 16.5. The van der Waals surface area contributed by atoms with E-state index in [1.807, 2.05) is 0 Å². The van der Waals surface area contributed by atoms with Gasteiger partial charge in [0.25, 0.3) is 0 Å². The normalized spacial score (nSPS) is 9.64. The molecule has 4 nitrogen and oxygen atoms in total. The summed E-state index contributed by atoms with van der Waals surface area (Å²) in [4.78, 5) is 3.91. The number of pyridine rings is 1. The lowest BCUT2D eigenvalue weighted by Crippen LogP contribution is -2.06. The van der Waals surface area contributed by atoms with Gasteiger partial charge in [-0.25, -0.2) is 10.5 Å². The summed E-state index contributed by atoms with van der Waals surface area (Å²) in [5, 5.41) is 8.37. The second-order valence-corrected chi connectivity index (χ2v) is 2.04. The van der Waals surface area contributed by atoms with E-state index in [1.165, 1.54) is 0 Å². The van der Waals surface area contributed by atoms with Gasteiger partial charge in [0.05, 0.1) is 7.11 Å². The molecule has 11 heavy (non-hydrogen) atoms. The quantitative estimate of drug-likeness (QED) is 0.625. The minimum absolute atomic E-state index is 0.402. The second kappa shape index (κ2) is 3.90. The molecule has 0 saturated carbocycles. The predicted octanol–water partition coefficient (Wildman–Crippen LogP) is 0.569. The van der Waals surface area contributed by atoms with Crippen molar-refractivity contribution in [3.63, 3.8) is 0 Å². The van der Waals surface area contributed by atoms with Crippen LogP contribution in [0.15, 0.2) is 18.3 Å². The summed E-state index contributed by atoms with van der Waals surface area (Å²) in [6, 6.07) is 3.55. The summed E-state index contributed by atoms with van der Waals surface area (Å²) in [7, 11) is 1.55. The van der Waals surface area contributed by atoms with Crippen LogP contribution in [-0.4, -0.2) is 17.3 Å². The Morgan fingerprint density at radius 3 is 3.18 bits per heavy atom. The molecule has 4 heteroatoms. The molecule has 1 heterocycles. The zero-order chi connectivity index (χ0) is 8.10. The zero-order valence-corrected chi connectivity index (χ0v) is 6.24. The van der Waals surface area contributed by atoms with E-state index < -0.39 is 0 Å². The Labute approximate surface area is 64.8 Å². The van der Waals surface area contributed by atoms with Crippen LogP contribution in [0.25, 0.3) is 0 Å². The molecule has 1 rings (SSSR count). The van der Waals surface area contributed by atoms with Gasteiger partial charge in [0, 0.05) is 18.8 Å². The lowest BCUT2D eigenvalue weighted by Gasteiger charge is -2.00. The molecule has 1 aromatic rings. The van der Waals surface area contributed by atoms with Crippen molar-refractivity contribution in [3.8, 4) is 5.88 Å². The van der Waals surface area contributed by atoms with Crippen LogP contribution in [0, 0.1) is 0 Å². The van der Waals surface area contributed by atoms with Crippen LogP contribution in [0.1, 0.15) is 5.56 Å². The molecule has 0 radical (unpaired) electrons. The van der Waals surface area contributed by atoms with Crippen molar-refractivity contribution in [1.82, 2.24) is 10.5 Å². The van der Waals surface area contributed by atoms with Gasteiger partial charge in [-0.15, -0.1) is 0 Å². The first-order valence-corrected chi connectivity index (χ1v) is 3.22. The van der Waals surface area contributed by atoms with Crippen LogP contribution in [0.3, 0.4) is 0 Å². The maximum atomic E-state index is 8.37. The average molecular weight is 154 g/mol. The molecule has 0 amide bonds. The molecular weight excluding hydrogens is 144 g/mol. The minimum Gasteiger partial charge on any atom is -0.481 e. The molecule has 0 aromatic carbocycles. The number of hydroxylamine groups is 1. The van der Waals surface area contributed by atoms with Crippen molar-refractivity contribution in [1.29, 1.82) is 0 Å². The van der Waals surface area contributed by atoms with E-state index in [-0.39, 0.29) is 0 Å². The fourth-order valence-electron chi connectivity index (χ4n) is 0.763. The van der Waals surface area contributed by atoms with Gasteiger partial charge >= 0.3 is 0 Å². The number of ether oxygens (including phenoxy) is 1. The maximum absolute atomic E-state index is 8.37. The highest BCUT2D eigenvalue weighted by molar-refractivity contribution is 5.19. The van der Waals surface area contributed by atoms with Crippen molar-refractivity contribution in [3.05, 3.63) is 23.9 Å². The van der Waals surface area contributed by atoms with Gasteiger partial charge in [-0.1, -0.05) is 0 Å². The number of nitrogens with zero attached hydrogens (tertiary/aromatic N) is 1. The Hall–Kier alpha value is -1.13. The van der Waals surface area contributed by atoms with Crippen molar-refractivity contribution < 1.29 is 9.94 Å². The van der Waals surface area contributed by atoms with Gasteiger partial charge in [0.2, 0.25) is 5.88 Å². The predicted molar refractivity (Wildman–Crippen MR) is 39.4 cm³/mol. The van der Waals surface area contributed by atoms with Gasteiger partial charge < -0.3 is 9.94 Å². The Morgan fingerprint density at radius 1 is 1.73 bits per heavy atom. The molecule has 60 valence electrons. The average Bonchev–Trinajstić information content (AvgIpc) is 2.06. The van der Waals surface area contributed by atoms with Crippen LogP contribution >= 0.6 is 0 Å². The van der Waals surface area contributed by atoms with Crippen molar-refractivity contribution in [2.24, 2.45) is 0 Å². The van der Waals surface area contributed by atoms with E-state index in [4.69, 9.17) is 9.94 Å². The molecule has 0 fully saturated rings. The van der Waals surface area contributed by atoms with E-state index in [0.717, 1.165) is 5.56 Å². The standard InChI is InChI=1S/C7H10N2O2/c1-11-7-4-6(5-9-10)2-3-8-7/h2-4,9-10H,5H2,1H3. The molecule has 0 aliphatic carbocycles. The maximum Gasteiger partial charge on any atom is 0.213 e. The largest absolute Gasteiger partial charge is 0.481 e. The summed E-state index contributed by atoms with van der Waals surface area (Å²) < 4.78 is 4.88. The molecule has 2 N–H and O–H groups in total. The first-order valence-electron chi connectivity index (χ1n) is 3.22. The van der Waals surface area contributed by atoms with Gasteiger partial charge in [-0.2, -0.15) is 0 Å². The van der Waals surface area contributed by atoms with Crippen LogP contribution in [-0.2, 0) is 6.54 Å². The van der Waals surface area contributed by atoms with Crippen molar-refractivity contribution >= 4 is 0 Å². The van der Waals surface area contributed by atoms with Crippen LogP contribution in [0.2, 0.25) is 0 Å². The number of nitrogens with one attached hydrogen (secondary N) is 1. The number of hydrogen-bond acceptors (Lipinski definition) is 4. The van der Waals surface area contributed by atoms with Gasteiger partial charge in [0.1, 0.15) is 0 Å². The van der Waals surface area contributed by atoms with Crippen LogP contribution in [0.4, 0.5) is 0 Å². The monoisotopic (exact) mass is 154 g/mol. The first-order chi connectivity index (χ1) is 5.36. The Kier molecular flexibility index (Phi) is 2.83. The Balaban J connectivity index is 2.74. The molecule has 0 spiro atoms. The van der Waals surface area contributed by atoms with E-state index in [2.05, 4.69) is 10.5 Å². The van der Waals surface area contributed by atoms with Crippen LogP contribution < -0.4 is 10.2 Å². The topological polar surface area (TPSA) is 54.4 Å². The second-order valence-electron chi connectivity index (χ2n) is 2.04. The summed E-state index contributed by atoms with van der Waals surface area (Å²) >= 11 is 0. The summed E-state index contributed by atoms with van der Waals surface area (Å²) in [5.74, 6) is 0.553. The molecule has 0 atom stereocenters. The fourth-order valence-corrected chi connectivity index (χ4v) is 0.763. The van der Waals surface area contributed by atoms with Crippen molar-refractivity contribution in [2.45, 2.75) is 6.54 Å². The molecule has 0 saturated heterocycles. The summed E-state index contributed by atoms with van der Waals surface area (Å²) in [5.41, 5.74) is 2.98. The minimum atomic E-state index is 0.402. The van der Waals surface area contributed by atoms with Gasteiger partial charge in [-0.3, -0.25) is 0 Å². The Morgan fingerprint density at radius 2 is 2.55 bits per heavy atom. The summed E-state index contributed by atoms with van der Waals surface area (Å²) in [6.45, 7) is 0.402. The summed E-state index contributed by atoms with van der Waals surface area (Å²) in [6.07, 6.45) is 1.63. The fraction of sp³-hybridized carbons (Fsp3) is 0.286. The molecule has 0 aliphatic heterocycles. The molecular formula is C7H10N2O2. The molecule has 0 aliphatic rings. The number of rotatable bonds is 3. The molecule has 0 bridgehead atoms. The zero-order valence-electron chi connectivity index (χ0n) is 6.24. The van der Waals surface area contributed by atoms with Gasteiger partial charge in [0.15, 0.2) is 0 Å². The lowest BCUT2D eigenvalue weighted by molar-refractivity contribution is 0.161. The molecule has 1 aromatic heterocycles. The lowest BCUT2D eigenvalue weighted by atomic mass is 10.3. The van der Waals surface area contributed by atoms with E-state index in [9.17, 15) is 0 Å². The molecule has 0 unspecified atom stereocenters. The number of hydrogen-bond donors (Lipinski definition) is 2. The highest BCUT2D eigenvalue weighted by Gasteiger charge is 1.94. The number of methoxy groups -OCH3 is 1. The smallest absolute Gasteiger partial charge is 0.213 e. The SMILES string of the molecule is COc1cc(CNO)ccn1. The van der Waals surface area contributed by atoms with E-state index in [1.54, 1.807) is 25.4 Å². The van der Waals surface area contributed by atoms with Crippen molar-refractivity contribution in [2.75, 3.05) is 7.11 Å². The highest BCUT2D eigenvalue weighted by Crippen LogP contribution is 2.07. The Bertz CT molecular complexity index is 227.